The molecule has 1 fully saturated rings. The minimum Gasteiger partial charge on any atom is -0.387 e. The molecule has 1 aliphatic rings. The zero-order valence-corrected chi connectivity index (χ0v) is 38.9. The van der Waals surface area contributed by atoms with Crippen LogP contribution in [0.1, 0.15) is 38.9 Å². The first-order chi connectivity index (χ1) is 33.1. The van der Waals surface area contributed by atoms with Gasteiger partial charge in [0.1, 0.15) is 36.6 Å². The van der Waals surface area contributed by atoms with E-state index in [1.165, 1.54) is 0 Å². The minimum atomic E-state index is -2.14. The van der Waals surface area contributed by atoms with E-state index >= 15 is 0 Å². The van der Waals surface area contributed by atoms with E-state index in [1.807, 2.05) is 212 Å². The van der Waals surface area contributed by atoms with Gasteiger partial charge in [-0.2, -0.15) is 0 Å². The molecule has 0 heterocycles. The highest BCUT2D eigenvalue weighted by molar-refractivity contribution is 7.42. The normalized spacial score (nSPS) is 19.4. The summed E-state index contributed by atoms with van der Waals surface area (Å²) in [6.07, 6.45) is -6.44. The van der Waals surface area contributed by atoms with Crippen molar-refractivity contribution < 1.29 is 46.5 Å². The Hall–Kier alpha value is -5.00. The Morgan fingerprint density at radius 1 is 0.269 bits per heavy atom. The topological polar surface area (TPSA) is 103 Å². The molecule has 6 atom stereocenters. The molecule has 0 aromatic heterocycles. The fraction of sp³-hybridized carbons (Fsp3) is 0.236. The molecule has 67 heavy (non-hydrogen) atoms. The molecule has 1 saturated carbocycles. The third-order valence-corrected chi connectivity index (χ3v) is 13.1. The summed E-state index contributed by atoms with van der Waals surface area (Å²) in [5.41, 5.74) is 6.50. The lowest BCUT2D eigenvalue weighted by atomic mass is 9.84. The SMILES string of the molecule is O[C@@H]1[C@@H](OP(OCc2ccccc2)OCc2ccccc2)[C@H](OCc2ccccc2)[C@@H](OCc2ccccc2)[C@H](OCc2ccccc2)[C@@H]1OP(OCc1ccccc1)OCc1ccccc1. The van der Waals surface area contributed by atoms with Crippen molar-refractivity contribution in [1.82, 2.24) is 0 Å². The van der Waals surface area contributed by atoms with Crippen LogP contribution < -0.4 is 0 Å². The van der Waals surface area contributed by atoms with Crippen LogP contribution in [0.25, 0.3) is 0 Å². The molecule has 1 aliphatic carbocycles. The molecule has 12 heteroatoms. The molecule has 0 amide bonds. The van der Waals surface area contributed by atoms with Crippen LogP contribution in [0.2, 0.25) is 0 Å². The summed E-state index contributed by atoms with van der Waals surface area (Å²) in [5.74, 6) is 0. The van der Waals surface area contributed by atoms with Crippen molar-refractivity contribution in [3.63, 3.8) is 0 Å². The molecule has 0 spiro atoms. The van der Waals surface area contributed by atoms with Crippen molar-refractivity contribution in [2.24, 2.45) is 0 Å². The van der Waals surface area contributed by atoms with Crippen molar-refractivity contribution in [1.29, 1.82) is 0 Å². The van der Waals surface area contributed by atoms with E-state index in [4.69, 9.17) is 41.4 Å². The Labute approximate surface area is 396 Å². The van der Waals surface area contributed by atoms with Crippen molar-refractivity contribution in [3.05, 3.63) is 251 Å². The summed E-state index contributed by atoms with van der Waals surface area (Å²) >= 11 is 0. The van der Waals surface area contributed by atoms with Crippen LogP contribution in [0.4, 0.5) is 0 Å². The van der Waals surface area contributed by atoms with Gasteiger partial charge in [0.25, 0.3) is 0 Å². The Morgan fingerprint density at radius 3 is 0.687 bits per heavy atom. The average molecular weight is 939 g/mol. The van der Waals surface area contributed by atoms with Gasteiger partial charge in [-0.05, 0) is 38.9 Å². The molecule has 0 aliphatic heterocycles. The smallest absolute Gasteiger partial charge is 0.333 e. The Kier molecular flexibility index (Phi) is 19.2. The van der Waals surface area contributed by atoms with E-state index in [-0.39, 0.29) is 46.2 Å². The molecule has 7 aromatic rings. The van der Waals surface area contributed by atoms with Gasteiger partial charge in [0.2, 0.25) is 0 Å². The molecule has 0 unspecified atom stereocenters. The van der Waals surface area contributed by atoms with Crippen LogP contribution in [-0.2, 0) is 87.6 Å². The van der Waals surface area contributed by atoms with Gasteiger partial charge in [0.15, 0.2) is 0 Å². The molecule has 346 valence electrons. The second-order valence-electron chi connectivity index (χ2n) is 15.9. The van der Waals surface area contributed by atoms with Crippen molar-refractivity contribution in [3.8, 4) is 0 Å². The van der Waals surface area contributed by atoms with Gasteiger partial charge >= 0.3 is 17.2 Å². The number of aliphatic hydroxyl groups is 1. The van der Waals surface area contributed by atoms with Crippen molar-refractivity contribution >= 4 is 17.2 Å². The maximum Gasteiger partial charge on any atom is 0.333 e. The van der Waals surface area contributed by atoms with Crippen LogP contribution in [0.15, 0.2) is 212 Å². The van der Waals surface area contributed by atoms with E-state index in [0.29, 0.717) is 0 Å². The summed E-state index contributed by atoms with van der Waals surface area (Å²) in [6.45, 7) is 1.35. The lowest BCUT2D eigenvalue weighted by Gasteiger charge is -2.48. The third-order valence-electron chi connectivity index (χ3n) is 11.0. The Morgan fingerprint density at radius 2 is 0.463 bits per heavy atom. The molecule has 0 radical (unpaired) electrons. The van der Waals surface area contributed by atoms with Gasteiger partial charge in [-0.25, -0.2) is 0 Å². The monoisotopic (exact) mass is 938 g/mol. The fourth-order valence-electron chi connectivity index (χ4n) is 7.45. The standard InChI is InChI=1S/C55H56O10P2/c56-50-51(64-66(60-39-46-28-14-4-15-29-46)61-40-47-30-16-5-17-31-47)53(57-36-43-22-8-1-9-23-43)55(59-38-45-26-12-3-13-27-45)54(58-37-44-24-10-2-11-25-44)52(50)65-67(62-41-48-32-18-6-19-33-48)63-42-49-34-20-7-21-35-49/h1-35,50-56H,36-42H2/t50-,51-,52-,53+,54-,55-/m1/s1. The molecule has 10 nitrogen and oxygen atoms in total. The maximum atomic E-state index is 13.0. The molecular formula is C55H56O10P2. The lowest BCUT2D eigenvalue weighted by Crippen LogP contribution is -2.66. The summed E-state index contributed by atoms with van der Waals surface area (Å²) in [5, 5.41) is 13.0. The zero-order valence-electron chi connectivity index (χ0n) is 37.1. The van der Waals surface area contributed by atoms with E-state index in [2.05, 4.69) is 0 Å². The van der Waals surface area contributed by atoms with Gasteiger partial charge in [-0.3, -0.25) is 0 Å². The molecule has 1 N–H and O–H groups in total. The molecular weight excluding hydrogens is 883 g/mol. The van der Waals surface area contributed by atoms with Gasteiger partial charge in [0.05, 0.1) is 46.2 Å². The van der Waals surface area contributed by atoms with E-state index in [0.717, 1.165) is 38.9 Å². The Bertz CT molecular complexity index is 2160. The van der Waals surface area contributed by atoms with Crippen LogP contribution >= 0.6 is 17.2 Å². The van der Waals surface area contributed by atoms with Crippen molar-refractivity contribution in [2.75, 3.05) is 0 Å². The second kappa shape index (κ2) is 26.5. The minimum absolute atomic E-state index is 0.182. The van der Waals surface area contributed by atoms with Gasteiger partial charge in [0, 0.05) is 0 Å². The first-order valence-electron chi connectivity index (χ1n) is 22.4. The first-order valence-corrected chi connectivity index (χ1v) is 24.6. The van der Waals surface area contributed by atoms with E-state index < -0.39 is 53.8 Å². The highest BCUT2D eigenvalue weighted by atomic mass is 31.2. The Balaban J connectivity index is 1.18. The first kappa shape index (κ1) is 48.5. The summed E-state index contributed by atoms with van der Waals surface area (Å²) in [6, 6.07) is 68.9. The largest absolute Gasteiger partial charge is 0.387 e. The second-order valence-corrected chi connectivity index (χ2v) is 18.2. The molecule has 8 rings (SSSR count). The predicted molar refractivity (Wildman–Crippen MR) is 260 cm³/mol. The zero-order chi connectivity index (χ0) is 45.7. The highest BCUT2D eigenvalue weighted by Crippen LogP contribution is 2.50. The number of rotatable bonds is 25. The van der Waals surface area contributed by atoms with Gasteiger partial charge in [-0.1, -0.05) is 212 Å². The predicted octanol–water partition coefficient (Wildman–Crippen LogP) is 12.2. The van der Waals surface area contributed by atoms with Crippen LogP contribution in [0.5, 0.6) is 0 Å². The lowest BCUT2D eigenvalue weighted by molar-refractivity contribution is -0.256. The number of hydrogen-bond acceptors (Lipinski definition) is 10. The number of ether oxygens (including phenoxy) is 3. The van der Waals surface area contributed by atoms with Crippen LogP contribution in [0.3, 0.4) is 0 Å². The molecule has 7 aromatic carbocycles. The quantitative estimate of drug-likeness (QED) is 0.0557. The van der Waals surface area contributed by atoms with Gasteiger partial charge in [-0.15, -0.1) is 0 Å². The van der Waals surface area contributed by atoms with Gasteiger partial charge < -0.3 is 46.5 Å². The number of benzene rings is 7. The van der Waals surface area contributed by atoms with Crippen LogP contribution in [0, 0.1) is 0 Å². The summed E-state index contributed by atoms with van der Waals surface area (Å²) in [7, 11) is -4.28. The fourth-order valence-corrected chi connectivity index (χ4v) is 9.75. The van der Waals surface area contributed by atoms with E-state index in [9.17, 15) is 5.11 Å². The summed E-state index contributed by atoms with van der Waals surface area (Å²) < 4.78 is 60.8. The average Bonchev–Trinajstić information content (AvgIpc) is 3.39. The van der Waals surface area contributed by atoms with Crippen LogP contribution in [-0.4, -0.2) is 41.7 Å². The number of aliphatic hydroxyl groups excluding tert-OH is 1. The number of hydrogen-bond donors (Lipinski definition) is 1. The molecule has 0 bridgehead atoms. The highest BCUT2D eigenvalue weighted by Gasteiger charge is 2.56. The maximum absolute atomic E-state index is 13.0. The van der Waals surface area contributed by atoms with Crippen molar-refractivity contribution in [2.45, 2.75) is 82.9 Å². The molecule has 0 saturated heterocycles. The summed E-state index contributed by atoms with van der Waals surface area (Å²) in [4.78, 5) is 0. The third kappa shape index (κ3) is 15.2. The van der Waals surface area contributed by atoms with E-state index in [1.54, 1.807) is 0 Å².